The monoisotopic (exact) mass is 257 g/mol. The summed E-state index contributed by atoms with van der Waals surface area (Å²) in [6.45, 7) is 2.12. The van der Waals surface area contributed by atoms with Gasteiger partial charge in [0, 0.05) is 17.8 Å². The number of thioether (sulfide) groups is 1. The van der Waals surface area contributed by atoms with Gasteiger partial charge in [-0.3, -0.25) is 0 Å². The van der Waals surface area contributed by atoms with Crippen molar-refractivity contribution < 1.29 is 0 Å². The van der Waals surface area contributed by atoms with Crippen LogP contribution in [-0.2, 0) is 6.54 Å². The van der Waals surface area contributed by atoms with E-state index < -0.39 is 0 Å². The van der Waals surface area contributed by atoms with E-state index in [1.54, 1.807) is 0 Å². The number of hydrogen-bond donors (Lipinski definition) is 1. The molecule has 94 valence electrons. The summed E-state index contributed by atoms with van der Waals surface area (Å²) in [7, 11) is 0. The van der Waals surface area contributed by atoms with Crippen molar-refractivity contribution in [2.45, 2.75) is 24.1 Å². The molecule has 1 fully saturated rings. The van der Waals surface area contributed by atoms with E-state index in [4.69, 9.17) is 0 Å². The first-order chi connectivity index (χ1) is 8.81. The van der Waals surface area contributed by atoms with Gasteiger partial charge in [0.05, 0.1) is 0 Å². The van der Waals surface area contributed by atoms with E-state index in [0.29, 0.717) is 4.75 Å². The van der Waals surface area contributed by atoms with Gasteiger partial charge in [-0.05, 0) is 41.5 Å². The van der Waals surface area contributed by atoms with Crippen LogP contribution < -0.4 is 5.32 Å². The lowest BCUT2D eigenvalue weighted by Gasteiger charge is -2.13. The second-order valence-electron chi connectivity index (χ2n) is 5.17. The van der Waals surface area contributed by atoms with Crippen LogP contribution in [0.25, 0.3) is 10.8 Å². The Morgan fingerprint density at radius 2 is 1.89 bits per heavy atom. The minimum absolute atomic E-state index is 0.552. The van der Waals surface area contributed by atoms with Crippen LogP contribution in [-0.4, -0.2) is 17.5 Å². The van der Waals surface area contributed by atoms with E-state index in [9.17, 15) is 0 Å². The molecule has 1 nitrogen and oxygen atoms in total. The maximum absolute atomic E-state index is 3.60. The quantitative estimate of drug-likeness (QED) is 0.874. The van der Waals surface area contributed by atoms with Crippen LogP contribution in [0.1, 0.15) is 18.4 Å². The number of fused-ring (bicyclic) bond motifs is 1. The minimum Gasteiger partial charge on any atom is -0.311 e. The Kier molecular flexibility index (Phi) is 3.31. The van der Waals surface area contributed by atoms with Gasteiger partial charge in [-0.1, -0.05) is 36.4 Å². The van der Waals surface area contributed by atoms with E-state index in [0.717, 1.165) is 13.1 Å². The molecule has 0 heterocycles. The van der Waals surface area contributed by atoms with Gasteiger partial charge in [0.25, 0.3) is 0 Å². The summed E-state index contributed by atoms with van der Waals surface area (Å²) in [5.74, 6) is 0. The van der Waals surface area contributed by atoms with Gasteiger partial charge < -0.3 is 5.32 Å². The molecule has 0 aromatic heterocycles. The molecule has 0 unspecified atom stereocenters. The molecule has 0 saturated heterocycles. The predicted molar refractivity (Wildman–Crippen MR) is 81.1 cm³/mol. The van der Waals surface area contributed by atoms with Crippen molar-refractivity contribution >= 4 is 22.5 Å². The van der Waals surface area contributed by atoms with Gasteiger partial charge >= 0.3 is 0 Å². The molecule has 0 atom stereocenters. The van der Waals surface area contributed by atoms with Gasteiger partial charge in [0.15, 0.2) is 0 Å². The summed E-state index contributed by atoms with van der Waals surface area (Å²) in [6.07, 6.45) is 4.97. The Bertz CT molecular complexity index is 546. The van der Waals surface area contributed by atoms with Crippen LogP contribution in [0.2, 0.25) is 0 Å². The van der Waals surface area contributed by atoms with Crippen molar-refractivity contribution in [2.75, 3.05) is 12.8 Å². The van der Waals surface area contributed by atoms with Gasteiger partial charge in [0.1, 0.15) is 0 Å². The molecule has 0 radical (unpaired) electrons. The molecule has 2 heteroatoms. The normalized spacial score (nSPS) is 16.9. The van der Waals surface area contributed by atoms with Crippen LogP contribution in [0.4, 0.5) is 0 Å². The first-order valence-corrected chi connectivity index (χ1v) is 7.77. The SMILES string of the molecule is CSC1(CNCc2ccc3ccccc3c2)CC1. The third kappa shape index (κ3) is 2.55. The van der Waals surface area contributed by atoms with Crippen LogP contribution in [0.15, 0.2) is 42.5 Å². The predicted octanol–water partition coefficient (Wildman–Crippen LogP) is 3.83. The number of benzene rings is 2. The third-order valence-electron chi connectivity index (χ3n) is 3.83. The summed E-state index contributed by atoms with van der Waals surface area (Å²) < 4.78 is 0.552. The third-order valence-corrected chi connectivity index (χ3v) is 5.25. The number of nitrogens with one attached hydrogen (secondary N) is 1. The smallest absolute Gasteiger partial charge is 0.0282 e. The molecule has 2 aromatic carbocycles. The maximum atomic E-state index is 3.60. The summed E-state index contributed by atoms with van der Waals surface area (Å²) in [6, 6.07) is 15.3. The fourth-order valence-corrected chi connectivity index (χ4v) is 3.13. The van der Waals surface area contributed by atoms with Gasteiger partial charge in [-0.15, -0.1) is 0 Å². The number of hydrogen-bond acceptors (Lipinski definition) is 2. The lowest BCUT2D eigenvalue weighted by Crippen LogP contribution is -2.25. The molecular weight excluding hydrogens is 238 g/mol. The second kappa shape index (κ2) is 4.94. The highest BCUT2D eigenvalue weighted by molar-refractivity contribution is 8.00. The molecule has 1 aliphatic rings. The van der Waals surface area contributed by atoms with Crippen LogP contribution >= 0.6 is 11.8 Å². The molecule has 0 spiro atoms. The van der Waals surface area contributed by atoms with Crippen molar-refractivity contribution in [2.24, 2.45) is 0 Å². The number of rotatable bonds is 5. The highest BCUT2D eigenvalue weighted by Gasteiger charge is 2.41. The largest absolute Gasteiger partial charge is 0.311 e. The zero-order chi connectivity index (χ0) is 12.4. The van der Waals surface area contributed by atoms with Crippen molar-refractivity contribution in [3.63, 3.8) is 0 Å². The van der Waals surface area contributed by atoms with Crippen LogP contribution in [0.3, 0.4) is 0 Å². The first-order valence-electron chi connectivity index (χ1n) is 6.55. The van der Waals surface area contributed by atoms with Crippen LogP contribution in [0, 0.1) is 0 Å². The average Bonchev–Trinajstić information content (AvgIpc) is 3.19. The highest BCUT2D eigenvalue weighted by Crippen LogP contribution is 2.46. The average molecular weight is 257 g/mol. The lowest BCUT2D eigenvalue weighted by atomic mass is 10.1. The fourth-order valence-electron chi connectivity index (χ4n) is 2.38. The second-order valence-corrected chi connectivity index (χ2v) is 6.45. The van der Waals surface area contributed by atoms with Gasteiger partial charge in [-0.2, -0.15) is 11.8 Å². The summed E-state index contributed by atoms with van der Waals surface area (Å²) in [5.41, 5.74) is 1.38. The Labute approximate surface area is 113 Å². The first kappa shape index (κ1) is 12.1. The molecule has 1 aliphatic carbocycles. The van der Waals surface area contributed by atoms with E-state index in [1.807, 2.05) is 11.8 Å². The summed E-state index contributed by atoms with van der Waals surface area (Å²) in [4.78, 5) is 0. The highest BCUT2D eigenvalue weighted by atomic mass is 32.2. The van der Waals surface area contributed by atoms with E-state index in [1.165, 1.54) is 29.2 Å². The zero-order valence-electron chi connectivity index (χ0n) is 10.8. The van der Waals surface area contributed by atoms with E-state index >= 15 is 0 Å². The van der Waals surface area contributed by atoms with Crippen molar-refractivity contribution in [3.05, 3.63) is 48.0 Å². The topological polar surface area (TPSA) is 12.0 Å². The van der Waals surface area contributed by atoms with Gasteiger partial charge in [0.2, 0.25) is 0 Å². The Balaban J connectivity index is 1.64. The minimum atomic E-state index is 0.552. The Hall–Kier alpha value is -0.990. The summed E-state index contributed by atoms with van der Waals surface area (Å²) in [5, 5.41) is 6.26. The van der Waals surface area contributed by atoms with Crippen LogP contribution in [0.5, 0.6) is 0 Å². The lowest BCUT2D eigenvalue weighted by molar-refractivity contribution is 0.663. The van der Waals surface area contributed by atoms with E-state index in [2.05, 4.69) is 54.0 Å². The molecule has 0 amide bonds. The molecule has 1 saturated carbocycles. The Morgan fingerprint density at radius 1 is 1.11 bits per heavy atom. The maximum Gasteiger partial charge on any atom is 0.0282 e. The summed E-state index contributed by atoms with van der Waals surface area (Å²) >= 11 is 2.01. The van der Waals surface area contributed by atoms with E-state index in [-0.39, 0.29) is 0 Å². The molecule has 0 bridgehead atoms. The molecule has 18 heavy (non-hydrogen) atoms. The van der Waals surface area contributed by atoms with Gasteiger partial charge in [-0.25, -0.2) is 0 Å². The van der Waals surface area contributed by atoms with Crippen molar-refractivity contribution in [3.8, 4) is 0 Å². The van der Waals surface area contributed by atoms with Crippen molar-refractivity contribution in [1.82, 2.24) is 5.32 Å². The molecule has 0 aliphatic heterocycles. The zero-order valence-corrected chi connectivity index (χ0v) is 11.6. The standard InChI is InChI=1S/C16H19NS/c1-18-16(8-9-16)12-17-11-13-6-7-14-4-2-3-5-15(14)10-13/h2-7,10,17H,8-9,11-12H2,1H3. The molecule has 3 rings (SSSR count). The van der Waals surface area contributed by atoms with Crippen molar-refractivity contribution in [1.29, 1.82) is 0 Å². The molecule has 1 N–H and O–H groups in total. The molecular formula is C16H19NS. The fraction of sp³-hybridized carbons (Fsp3) is 0.375. The molecule has 2 aromatic rings. The Morgan fingerprint density at radius 3 is 2.61 bits per heavy atom.